The summed E-state index contributed by atoms with van der Waals surface area (Å²) in [7, 11) is 0. The summed E-state index contributed by atoms with van der Waals surface area (Å²) in [5.74, 6) is 1.61. The Bertz CT molecular complexity index is 858. The molecule has 2 aromatic heterocycles. The van der Waals surface area contributed by atoms with Crippen molar-refractivity contribution in [2.24, 2.45) is 5.92 Å². The van der Waals surface area contributed by atoms with Crippen molar-refractivity contribution < 1.29 is 0 Å². The molecule has 7 nitrogen and oxygen atoms in total. The van der Waals surface area contributed by atoms with Crippen LogP contribution in [0.25, 0.3) is 5.82 Å². The van der Waals surface area contributed by atoms with Gasteiger partial charge < -0.3 is 4.90 Å². The molecule has 29 heavy (non-hydrogen) atoms. The first-order valence-electron chi connectivity index (χ1n) is 11.1. The summed E-state index contributed by atoms with van der Waals surface area (Å²) >= 11 is 0. The van der Waals surface area contributed by atoms with Gasteiger partial charge in [-0.25, -0.2) is 9.36 Å². The predicted octanol–water partition coefficient (Wildman–Crippen LogP) is 2.24. The van der Waals surface area contributed by atoms with Gasteiger partial charge in [0.25, 0.3) is 5.56 Å². The maximum atomic E-state index is 12.3. The molecule has 0 atom stereocenters. The van der Waals surface area contributed by atoms with Gasteiger partial charge in [-0.2, -0.15) is 5.10 Å². The lowest BCUT2D eigenvalue weighted by Crippen LogP contribution is -2.48. The van der Waals surface area contributed by atoms with Crippen molar-refractivity contribution in [1.29, 1.82) is 0 Å². The van der Waals surface area contributed by atoms with E-state index in [-0.39, 0.29) is 5.56 Å². The van der Waals surface area contributed by atoms with Crippen LogP contribution in [0.4, 0.5) is 0 Å². The summed E-state index contributed by atoms with van der Waals surface area (Å²) in [5.41, 5.74) is 1.92. The quantitative estimate of drug-likeness (QED) is 0.747. The van der Waals surface area contributed by atoms with Crippen molar-refractivity contribution in [2.45, 2.75) is 52.5 Å². The number of hydrogen-bond acceptors (Lipinski definition) is 5. The molecule has 1 saturated carbocycles. The monoisotopic (exact) mass is 398 g/mol. The molecule has 2 fully saturated rings. The second-order valence-corrected chi connectivity index (χ2v) is 8.74. The average Bonchev–Trinajstić information content (AvgIpc) is 3.07. The van der Waals surface area contributed by atoms with Crippen LogP contribution in [0.15, 0.2) is 23.0 Å². The molecule has 0 aromatic carbocycles. The maximum Gasteiger partial charge on any atom is 0.266 e. The van der Waals surface area contributed by atoms with Crippen LogP contribution in [0, 0.1) is 19.8 Å². The van der Waals surface area contributed by atoms with E-state index in [0.717, 1.165) is 50.0 Å². The fourth-order valence-corrected chi connectivity index (χ4v) is 4.74. The van der Waals surface area contributed by atoms with Crippen LogP contribution in [0.1, 0.15) is 43.5 Å². The number of hydrogen-bond donors (Lipinski definition) is 0. The van der Waals surface area contributed by atoms with E-state index in [2.05, 4.69) is 20.0 Å². The van der Waals surface area contributed by atoms with Crippen molar-refractivity contribution in [3.63, 3.8) is 0 Å². The van der Waals surface area contributed by atoms with E-state index in [1.807, 2.05) is 19.9 Å². The van der Waals surface area contributed by atoms with Gasteiger partial charge in [-0.1, -0.05) is 19.3 Å². The van der Waals surface area contributed by atoms with Gasteiger partial charge in [-0.05, 0) is 44.7 Å². The molecule has 1 saturated heterocycles. The van der Waals surface area contributed by atoms with E-state index in [0.29, 0.717) is 12.4 Å². The number of rotatable bonds is 6. The van der Waals surface area contributed by atoms with Gasteiger partial charge >= 0.3 is 0 Å². The van der Waals surface area contributed by atoms with Crippen LogP contribution >= 0.6 is 0 Å². The third kappa shape index (κ3) is 5.14. The molecule has 3 heterocycles. The molecule has 2 aliphatic rings. The van der Waals surface area contributed by atoms with Gasteiger partial charge in [0.15, 0.2) is 5.82 Å². The first-order valence-corrected chi connectivity index (χ1v) is 11.1. The lowest BCUT2D eigenvalue weighted by atomic mass is 9.89. The summed E-state index contributed by atoms with van der Waals surface area (Å²) in [5, 5.41) is 9.04. The van der Waals surface area contributed by atoms with Crippen LogP contribution in [-0.2, 0) is 6.54 Å². The lowest BCUT2D eigenvalue weighted by Gasteiger charge is -2.37. The summed E-state index contributed by atoms with van der Waals surface area (Å²) < 4.78 is 3.38. The minimum atomic E-state index is -0.0498. The second kappa shape index (κ2) is 9.22. The van der Waals surface area contributed by atoms with Crippen LogP contribution in [0.3, 0.4) is 0 Å². The molecule has 0 N–H and O–H groups in total. The highest BCUT2D eigenvalue weighted by Crippen LogP contribution is 2.24. The van der Waals surface area contributed by atoms with Crippen LogP contribution < -0.4 is 5.56 Å². The molecule has 0 unspecified atom stereocenters. The normalized spacial score (nSPS) is 19.7. The zero-order chi connectivity index (χ0) is 20.2. The molecule has 0 amide bonds. The standard InChI is InChI=1S/C22H34N6O/c1-18-16-19(2)28(23-18)21-8-9-22(29)27(24-21)15-14-25-10-12-26(13-11-25)17-20-6-4-3-5-7-20/h8-9,16,20H,3-7,10-15,17H2,1-2H3. The number of aryl methyl sites for hydroxylation is 2. The van der Waals surface area contributed by atoms with Gasteiger partial charge in [0.05, 0.1) is 12.2 Å². The van der Waals surface area contributed by atoms with Crippen LogP contribution in [0.2, 0.25) is 0 Å². The Hall–Kier alpha value is -1.99. The zero-order valence-electron chi connectivity index (χ0n) is 17.9. The van der Waals surface area contributed by atoms with Gasteiger partial charge in [-0.3, -0.25) is 9.69 Å². The van der Waals surface area contributed by atoms with Crippen molar-refractivity contribution in [2.75, 3.05) is 39.3 Å². The molecule has 158 valence electrons. The Morgan fingerprint density at radius 3 is 2.34 bits per heavy atom. The highest BCUT2D eigenvalue weighted by molar-refractivity contribution is 5.23. The smallest absolute Gasteiger partial charge is 0.266 e. The van der Waals surface area contributed by atoms with Crippen LogP contribution in [0.5, 0.6) is 0 Å². The number of aromatic nitrogens is 4. The fourth-order valence-electron chi connectivity index (χ4n) is 4.74. The molecule has 1 aliphatic carbocycles. The highest BCUT2D eigenvalue weighted by atomic mass is 16.1. The van der Waals surface area contributed by atoms with E-state index in [1.165, 1.54) is 38.6 Å². The minimum absolute atomic E-state index is 0.0498. The van der Waals surface area contributed by atoms with E-state index >= 15 is 0 Å². The van der Waals surface area contributed by atoms with Crippen LogP contribution in [-0.4, -0.2) is 68.6 Å². The van der Waals surface area contributed by atoms with Crippen molar-refractivity contribution >= 4 is 0 Å². The molecule has 7 heteroatoms. The molecule has 0 spiro atoms. The maximum absolute atomic E-state index is 12.3. The van der Waals surface area contributed by atoms with E-state index < -0.39 is 0 Å². The first kappa shape index (κ1) is 20.3. The second-order valence-electron chi connectivity index (χ2n) is 8.74. The van der Waals surface area contributed by atoms with Gasteiger partial charge in [0.2, 0.25) is 0 Å². The summed E-state index contributed by atoms with van der Waals surface area (Å²) in [6.07, 6.45) is 7.10. The zero-order valence-corrected chi connectivity index (χ0v) is 17.9. The largest absolute Gasteiger partial charge is 0.301 e. The van der Waals surface area contributed by atoms with Gasteiger partial charge in [-0.15, -0.1) is 5.10 Å². The minimum Gasteiger partial charge on any atom is -0.301 e. The van der Waals surface area contributed by atoms with E-state index in [4.69, 9.17) is 0 Å². The van der Waals surface area contributed by atoms with E-state index in [1.54, 1.807) is 21.5 Å². The number of piperazine rings is 1. The van der Waals surface area contributed by atoms with Crippen molar-refractivity contribution in [1.82, 2.24) is 29.4 Å². The Labute approximate surface area is 173 Å². The number of nitrogens with zero attached hydrogens (tertiary/aromatic N) is 6. The Balaban J connectivity index is 1.30. The SMILES string of the molecule is Cc1cc(C)n(-c2ccc(=O)n(CCN3CCN(CC4CCCCC4)CC3)n2)n1. The highest BCUT2D eigenvalue weighted by Gasteiger charge is 2.21. The topological polar surface area (TPSA) is 59.2 Å². The fraction of sp³-hybridized carbons (Fsp3) is 0.682. The summed E-state index contributed by atoms with van der Waals surface area (Å²) in [6.45, 7) is 11.2. The molecule has 0 bridgehead atoms. The summed E-state index contributed by atoms with van der Waals surface area (Å²) in [4.78, 5) is 17.4. The van der Waals surface area contributed by atoms with Gasteiger partial charge in [0, 0.05) is 51.0 Å². The van der Waals surface area contributed by atoms with Crippen molar-refractivity contribution in [3.05, 3.63) is 39.9 Å². The van der Waals surface area contributed by atoms with Crippen molar-refractivity contribution in [3.8, 4) is 5.82 Å². The molecule has 0 radical (unpaired) electrons. The Kier molecular flexibility index (Phi) is 6.45. The molecule has 1 aliphatic heterocycles. The molecule has 4 rings (SSSR count). The summed E-state index contributed by atoms with van der Waals surface area (Å²) in [6, 6.07) is 5.37. The van der Waals surface area contributed by atoms with E-state index in [9.17, 15) is 4.79 Å². The third-order valence-corrected chi connectivity index (χ3v) is 6.41. The predicted molar refractivity (Wildman–Crippen MR) is 115 cm³/mol. The molecule has 2 aromatic rings. The first-order chi connectivity index (χ1) is 14.1. The molecular weight excluding hydrogens is 364 g/mol. The Morgan fingerprint density at radius 2 is 1.66 bits per heavy atom. The third-order valence-electron chi connectivity index (χ3n) is 6.41. The van der Waals surface area contributed by atoms with Gasteiger partial charge in [0.1, 0.15) is 0 Å². The average molecular weight is 399 g/mol. The molecular formula is C22H34N6O. The lowest BCUT2D eigenvalue weighted by molar-refractivity contribution is 0.106. The Morgan fingerprint density at radius 1 is 0.931 bits per heavy atom.